The van der Waals surface area contributed by atoms with Gasteiger partial charge in [-0.1, -0.05) is 34.4 Å². The molecule has 6 heteroatoms. The molecule has 0 amide bonds. The minimum Gasteiger partial charge on any atom is -0.199 e. The van der Waals surface area contributed by atoms with Crippen molar-refractivity contribution in [3.05, 3.63) is 29.3 Å². The number of sulfonamides is 1. The Morgan fingerprint density at radius 1 is 1.29 bits per heavy atom. The molecule has 0 aliphatic heterocycles. The topological polar surface area (TPSA) is 46.5 Å². The highest BCUT2D eigenvalue weighted by Gasteiger charge is 2.15. The zero-order valence-corrected chi connectivity index (χ0v) is 10.2. The Morgan fingerprint density at radius 2 is 1.86 bits per heavy atom. The highest BCUT2D eigenvalue weighted by molar-refractivity contribution is 7.99. The number of nitrogens with zero attached hydrogens (tertiary/aromatic N) is 1. The third-order valence-corrected chi connectivity index (χ3v) is 4.69. The first-order chi connectivity index (χ1) is 6.43. The van der Waals surface area contributed by atoms with Gasteiger partial charge >= 0.3 is 0 Å². The first kappa shape index (κ1) is 11.7. The minimum absolute atomic E-state index is 0.0721. The number of hydrogen-bond acceptors (Lipinski definition) is 2. The van der Waals surface area contributed by atoms with Crippen LogP contribution in [0, 0.1) is 0 Å². The molecule has 0 heterocycles. The molecular weight excluding hydrogens is 242 g/mol. The van der Waals surface area contributed by atoms with Gasteiger partial charge in [-0.3, -0.25) is 0 Å². The Labute approximate surface area is 91.3 Å². The molecule has 0 bridgehead atoms. The summed E-state index contributed by atoms with van der Waals surface area (Å²) >= 11 is 5.76. The lowest BCUT2D eigenvalue weighted by Gasteiger charge is -2.01. The molecule has 3 nitrogen and oxygen atoms in total. The first-order valence-corrected chi connectivity index (χ1v) is 7.55. The summed E-state index contributed by atoms with van der Waals surface area (Å²) in [6.45, 7) is 0. The lowest BCUT2D eigenvalue weighted by molar-refractivity contribution is 0.598. The van der Waals surface area contributed by atoms with Crippen LogP contribution >= 0.6 is 11.6 Å². The second kappa shape index (κ2) is 4.42. The van der Waals surface area contributed by atoms with Crippen LogP contribution in [0.15, 0.2) is 32.9 Å². The van der Waals surface area contributed by atoms with Gasteiger partial charge in [0.1, 0.15) is 4.90 Å². The average Bonchev–Trinajstić information content (AvgIpc) is 2.02. The zero-order valence-electron chi connectivity index (χ0n) is 7.77. The fourth-order valence-corrected chi connectivity index (χ4v) is 3.77. The van der Waals surface area contributed by atoms with Gasteiger partial charge in [0.25, 0.3) is 10.0 Å². The van der Waals surface area contributed by atoms with Gasteiger partial charge in [-0.25, -0.2) is 0 Å². The molecule has 1 rings (SSSR count). The third kappa shape index (κ3) is 2.80. The molecule has 0 N–H and O–H groups in total. The second-order valence-corrected chi connectivity index (χ2v) is 6.69. The predicted molar refractivity (Wildman–Crippen MR) is 60.3 cm³/mol. The van der Waals surface area contributed by atoms with Crippen LogP contribution in [0.5, 0.6) is 0 Å². The van der Waals surface area contributed by atoms with Crippen molar-refractivity contribution in [1.29, 1.82) is 0 Å². The van der Waals surface area contributed by atoms with Crippen molar-refractivity contribution < 1.29 is 8.42 Å². The van der Waals surface area contributed by atoms with Crippen LogP contribution < -0.4 is 0 Å². The Morgan fingerprint density at radius 3 is 2.36 bits per heavy atom. The summed E-state index contributed by atoms with van der Waals surface area (Å²) in [6.07, 6.45) is 3.46. The van der Waals surface area contributed by atoms with E-state index < -0.39 is 20.7 Å². The molecule has 0 aliphatic rings. The largest absolute Gasteiger partial charge is 0.289 e. The first-order valence-electron chi connectivity index (χ1n) is 3.74. The fourth-order valence-electron chi connectivity index (χ4n) is 0.890. The molecule has 0 saturated carbocycles. The van der Waals surface area contributed by atoms with Crippen molar-refractivity contribution in [3.63, 3.8) is 0 Å². The van der Waals surface area contributed by atoms with Crippen LogP contribution in [0.1, 0.15) is 0 Å². The van der Waals surface area contributed by atoms with Gasteiger partial charge in [0.15, 0.2) is 0 Å². The quantitative estimate of drug-likeness (QED) is 0.808. The van der Waals surface area contributed by atoms with E-state index in [0.29, 0.717) is 0 Å². The molecule has 0 spiro atoms. The van der Waals surface area contributed by atoms with Gasteiger partial charge in [0.2, 0.25) is 0 Å². The normalized spacial score (nSPS) is 11.7. The van der Waals surface area contributed by atoms with E-state index in [9.17, 15) is 8.42 Å². The molecule has 0 saturated heterocycles. The van der Waals surface area contributed by atoms with Crippen molar-refractivity contribution in [2.45, 2.75) is 4.90 Å². The molecular formula is C8H10ClNO2S2. The maximum atomic E-state index is 11.6. The molecule has 1 aromatic rings. The Bertz CT molecular complexity index is 464. The predicted octanol–water partition coefficient (Wildman–Crippen LogP) is 2.09. The van der Waals surface area contributed by atoms with Gasteiger partial charge in [-0.15, -0.1) is 3.77 Å². The summed E-state index contributed by atoms with van der Waals surface area (Å²) in [4.78, 5) is 0.0721. The van der Waals surface area contributed by atoms with E-state index in [2.05, 4.69) is 3.77 Å². The molecule has 1 aromatic carbocycles. The van der Waals surface area contributed by atoms with Crippen LogP contribution in [0.4, 0.5) is 0 Å². The van der Waals surface area contributed by atoms with E-state index in [4.69, 9.17) is 11.6 Å². The number of rotatable bonds is 2. The van der Waals surface area contributed by atoms with E-state index >= 15 is 0 Å². The fraction of sp³-hybridized carbons (Fsp3) is 0.250. The van der Waals surface area contributed by atoms with Crippen molar-refractivity contribution in [1.82, 2.24) is 0 Å². The zero-order chi connectivity index (χ0) is 10.8. The minimum atomic E-state index is -3.58. The van der Waals surface area contributed by atoms with E-state index in [1.807, 2.05) is 0 Å². The molecule has 0 aromatic heterocycles. The van der Waals surface area contributed by atoms with Crippen molar-refractivity contribution in [2.75, 3.05) is 12.5 Å². The van der Waals surface area contributed by atoms with Gasteiger partial charge in [-0.2, -0.15) is 8.42 Å². The van der Waals surface area contributed by atoms with Gasteiger partial charge in [0, 0.05) is 0 Å². The number of hydrogen-bond donors (Lipinski definition) is 0. The standard InChI is InChI=1S/C8H10ClNO2S2/c1-13(2)10-14(11,12)8-6-4-3-5-7(8)9/h3-6H,1-2H3. The van der Waals surface area contributed by atoms with Crippen LogP contribution in [0.25, 0.3) is 0 Å². The van der Waals surface area contributed by atoms with Crippen LogP contribution in [-0.2, 0) is 20.7 Å². The Hall–Kier alpha value is -0.390. The highest BCUT2D eigenvalue weighted by atomic mass is 35.5. The molecule has 14 heavy (non-hydrogen) atoms. The van der Waals surface area contributed by atoms with Crippen molar-refractivity contribution in [3.8, 4) is 0 Å². The van der Waals surface area contributed by atoms with Crippen LogP contribution in [0.3, 0.4) is 0 Å². The van der Waals surface area contributed by atoms with Gasteiger partial charge in [0.05, 0.1) is 5.02 Å². The Balaban J connectivity index is 3.32. The summed E-state index contributed by atoms with van der Waals surface area (Å²) in [7, 11) is -4.10. The van der Waals surface area contributed by atoms with Crippen LogP contribution in [0.2, 0.25) is 5.02 Å². The maximum Gasteiger partial charge on any atom is 0.289 e. The van der Waals surface area contributed by atoms with Crippen LogP contribution in [-0.4, -0.2) is 20.9 Å². The summed E-state index contributed by atoms with van der Waals surface area (Å²) in [5.41, 5.74) is 0. The van der Waals surface area contributed by atoms with Gasteiger partial charge in [-0.05, 0) is 24.6 Å². The highest BCUT2D eigenvalue weighted by Crippen LogP contribution is 2.22. The lowest BCUT2D eigenvalue weighted by atomic mass is 10.4. The molecule has 0 unspecified atom stereocenters. The maximum absolute atomic E-state index is 11.6. The molecule has 78 valence electrons. The SMILES string of the molecule is CS(C)=NS(=O)(=O)c1ccccc1Cl. The van der Waals surface area contributed by atoms with Crippen molar-refractivity contribution >= 4 is 32.3 Å². The van der Waals surface area contributed by atoms with Crippen molar-refractivity contribution in [2.24, 2.45) is 3.77 Å². The molecule has 0 fully saturated rings. The van der Waals surface area contributed by atoms with E-state index in [0.717, 1.165) is 0 Å². The molecule has 0 radical (unpaired) electrons. The molecule has 0 atom stereocenters. The monoisotopic (exact) mass is 251 g/mol. The number of benzene rings is 1. The summed E-state index contributed by atoms with van der Waals surface area (Å²) < 4.78 is 26.9. The van der Waals surface area contributed by atoms with E-state index in [-0.39, 0.29) is 9.92 Å². The number of halogens is 1. The summed E-state index contributed by atoms with van der Waals surface area (Å²) in [6, 6.07) is 6.29. The average molecular weight is 252 g/mol. The van der Waals surface area contributed by atoms with Gasteiger partial charge < -0.3 is 0 Å². The smallest absolute Gasteiger partial charge is 0.199 e. The summed E-state index contributed by atoms with van der Waals surface area (Å²) in [5, 5.41) is 0.210. The molecule has 0 aliphatic carbocycles. The Kier molecular flexibility index (Phi) is 3.69. The van der Waals surface area contributed by atoms with E-state index in [1.54, 1.807) is 24.6 Å². The summed E-state index contributed by atoms with van der Waals surface area (Å²) in [5.74, 6) is 0. The second-order valence-electron chi connectivity index (χ2n) is 2.75. The van der Waals surface area contributed by atoms with E-state index in [1.165, 1.54) is 12.1 Å². The lowest BCUT2D eigenvalue weighted by Crippen LogP contribution is -1.99. The third-order valence-electron chi connectivity index (χ3n) is 1.36.